The maximum atomic E-state index is 12.8. The number of carbonyl (C=O) groups is 4. The number of nitrogens with one attached hydrogen (secondary N) is 1. The molecule has 7 nitrogen and oxygen atoms in total. The summed E-state index contributed by atoms with van der Waals surface area (Å²) in [5.41, 5.74) is 0.791. The Morgan fingerprint density at radius 3 is 2.19 bits per heavy atom. The predicted octanol–water partition coefficient (Wildman–Crippen LogP) is 4.19. The van der Waals surface area contributed by atoms with Crippen LogP contribution in [0.1, 0.15) is 41.0 Å². The van der Waals surface area contributed by atoms with Gasteiger partial charge in [0.15, 0.2) is 6.61 Å². The molecule has 1 aliphatic heterocycles. The lowest BCUT2D eigenvalue weighted by atomic mass is 10.0. The molecule has 1 aliphatic rings. The molecule has 1 N–H and O–H groups in total. The zero-order chi connectivity index (χ0) is 22.7. The number of hydrogen-bond acceptors (Lipinski definition) is 5. The van der Waals surface area contributed by atoms with Crippen molar-refractivity contribution in [3.63, 3.8) is 0 Å². The third-order valence-corrected chi connectivity index (χ3v) is 5.20. The highest BCUT2D eigenvalue weighted by molar-refractivity contribution is 6.36. The number of esters is 1. The molecule has 0 spiro atoms. The van der Waals surface area contributed by atoms with E-state index >= 15 is 0 Å². The van der Waals surface area contributed by atoms with Crippen molar-refractivity contribution in [3.8, 4) is 0 Å². The minimum absolute atomic E-state index is 0.0106. The zero-order valence-corrected chi connectivity index (χ0v) is 18.4. The fraction of sp³-hybridized carbons (Fsp3) is 0.273. The number of imide groups is 1. The number of amides is 3. The molecular formula is C22H20Cl2N2O5. The van der Waals surface area contributed by atoms with E-state index < -0.39 is 36.3 Å². The number of benzene rings is 2. The summed E-state index contributed by atoms with van der Waals surface area (Å²) in [4.78, 5) is 51.4. The van der Waals surface area contributed by atoms with Crippen molar-refractivity contribution in [1.29, 1.82) is 0 Å². The number of hydrogen-bond donors (Lipinski definition) is 1. The largest absolute Gasteiger partial charge is 0.454 e. The van der Waals surface area contributed by atoms with Gasteiger partial charge in [-0.2, -0.15) is 0 Å². The fourth-order valence-corrected chi connectivity index (χ4v) is 3.71. The summed E-state index contributed by atoms with van der Waals surface area (Å²) in [6, 6.07) is 9.77. The monoisotopic (exact) mass is 462 g/mol. The smallest absolute Gasteiger partial charge is 0.329 e. The molecule has 9 heteroatoms. The minimum Gasteiger partial charge on any atom is -0.454 e. The van der Waals surface area contributed by atoms with Crippen LogP contribution in [0.5, 0.6) is 0 Å². The maximum absolute atomic E-state index is 12.8. The van der Waals surface area contributed by atoms with Gasteiger partial charge in [-0.15, -0.1) is 0 Å². The van der Waals surface area contributed by atoms with Gasteiger partial charge in [0.2, 0.25) is 0 Å². The first kappa shape index (κ1) is 22.8. The summed E-state index contributed by atoms with van der Waals surface area (Å²) in [7, 11) is 0. The highest BCUT2D eigenvalue weighted by Crippen LogP contribution is 2.28. The Balaban J connectivity index is 1.70. The molecule has 0 saturated carbocycles. The van der Waals surface area contributed by atoms with Crippen molar-refractivity contribution in [2.75, 3.05) is 11.9 Å². The molecule has 0 fully saturated rings. The number of carbonyl (C=O) groups excluding carboxylic acids is 4. The van der Waals surface area contributed by atoms with Crippen LogP contribution in [0.3, 0.4) is 0 Å². The molecule has 0 unspecified atom stereocenters. The molecule has 3 rings (SSSR count). The van der Waals surface area contributed by atoms with Gasteiger partial charge in [-0.05, 0) is 42.7 Å². The average Bonchev–Trinajstić information content (AvgIpc) is 2.97. The van der Waals surface area contributed by atoms with E-state index in [-0.39, 0.29) is 28.5 Å². The lowest BCUT2D eigenvalue weighted by Gasteiger charge is -2.25. The van der Waals surface area contributed by atoms with Gasteiger partial charge in [0.25, 0.3) is 17.7 Å². The third-order valence-electron chi connectivity index (χ3n) is 4.65. The van der Waals surface area contributed by atoms with Crippen LogP contribution >= 0.6 is 23.2 Å². The number of ether oxygens (including phenoxy) is 1. The zero-order valence-electron chi connectivity index (χ0n) is 16.9. The van der Waals surface area contributed by atoms with Crippen LogP contribution in [-0.4, -0.2) is 41.2 Å². The van der Waals surface area contributed by atoms with Crippen LogP contribution in [0.15, 0.2) is 42.5 Å². The van der Waals surface area contributed by atoms with E-state index in [1.54, 1.807) is 18.2 Å². The Bertz CT molecular complexity index is 1020. The summed E-state index contributed by atoms with van der Waals surface area (Å²) in [6.07, 6.45) is 0.203. The highest BCUT2D eigenvalue weighted by atomic mass is 35.5. The molecule has 2 aromatic carbocycles. The molecule has 0 radical (unpaired) electrons. The Labute approximate surface area is 189 Å². The molecule has 1 heterocycles. The summed E-state index contributed by atoms with van der Waals surface area (Å²) in [6.45, 7) is 3.11. The van der Waals surface area contributed by atoms with Crippen molar-refractivity contribution >= 4 is 52.6 Å². The molecule has 0 aromatic heterocycles. The van der Waals surface area contributed by atoms with Crippen molar-refractivity contribution in [2.24, 2.45) is 5.92 Å². The molecular weight excluding hydrogens is 443 g/mol. The van der Waals surface area contributed by atoms with Crippen molar-refractivity contribution in [2.45, 2.75) is 26.3 Å². The molecule has 0 aliphatic carbocycles. The lowest BCUT2D eigenvalue weighted by molar-refractivity contribution is -0.151. The van der Waals surface area contributed by atoms with Crippen LogP contribution in [0, 0.1) is 5.92 Å². The Hall–Kier alpha value is -2.90. The van der Waals surface area contributed by atoms with Gasteiger partial charge in [0.1, 0.15) is 6.04 Å². The van der Waals surface area contributed by atoms with E-state index in [0.29, 0.717) is 10.7 Å². The van der Waals surface area contributed by atoms with Gasteiger partial charge in [-0.3, -0.25) is 19.3 Å². The highest BCUT2D eigenvalue weighted by Gasteiger charge is 2.43. The van der Waals surface area contributed by atoms with Crippen LogP contribution in [-0.2, 0) is 14.3 Å². The van der Waals surface area contributed by atoms with Crippen molar-refractivity contribution in [1.82, 2.24) is 4.90 Å². The second-order valence-electron chi connectivity index (χ2n) is 7.45. The number of nitrogens with zero attached hydrogens (tertiary/aromatic N) is 1. The Morgan fingerprint density at radius 1 is 1.03 bits per heavy atom. The normalized spacial score (nSPS) is 13.9. The van der Waals surface area contributed by atoms with E-state index in [1.165, 1.54) is 24.3 Å². The predicted molar refractivity (Wildman–Crippen MR) is 116 cm³/mol. The van der Waals surface area contributed by atoms with E-state index in [9.17, 15) is 19.2 Å². The SMILES string of the molecule is CC(C)C[C@@H](C(=O)OCC(=O)Nc1ccc(Cl)cc1Cl)N1C(=O)c2ccccc2C1=O. The molecule has 3 amide bonds. The number of rotatable bonds is 7. The van der Waals surface area contributed by atoms with E-state index in [2.05, 4.69) is 5.32 Å². The summed E-state index contributed by atoms with van der Waals surface area (Å²) in [5.74, 6) is -2.58. The molecule has 0 saturated heterocycles. The molecule has 162 valence electrons. The van der Waals surface area contributed by atoms with E-state index in [1.807, 2.05) is 13.8 Å². The second kappa shape index (κ2) is 9.49. The summed E-state index contributed by atoms with van der Waals surface area (Å²) < 4.78 is 5.14. The van der Waals surface area contributed by atoms with Crippen molar-refractivity contribution < 1.29 is 23.9 Å². The molecule has 0 bridgehead atoms. The van der Waals surface area contributed by atoms with Gasteiger partial charge in [-0.25, -0.2) is 4.79 Å². The molecule has 2 aromatic rings. The van der Waals surface area contributed by atoms with Gasteiger partial charge < -0.3 is 10.1 Å². The number of halogens is 2. The maximum Gasteiger partial charge on any atom is 0.329 e. The quantitative estimate of drug-likeness (QED) is 0.491. The number of anilines is 1. The topological polar surface area (TPSA) is 92.8 Å². The first-order valence-electron chi connectivity index (χ1n) is 9.57. The first-order chi connectivity index (χ1) is 14.7. The fourth-order valence-electron chi connectivity index (χ4n) is 3.25. The van der Waals surface area contributed by atoms with Crippen LogP contribution in [0.25, 0.3) is 0 Å². The first-order valence-corrected chi connectivity index (χ1v) is 10.3. The third kappa shape index (κ3) is 5.06. The standard InChI is InChI=1S/C22H20Cl2N2O5/c1-12(2)9-18(26-20(28)14-5-3-4-6-15(14)21(26)29)22(30)31-11-19(27)25-17-8-7-13(23)10-16(17)24/h3-8,10,12,18H,9,11H2,1-2H3,(H,25,27)/t18-/m0/s1. The minimum atomic E-state index is -1.14. The van der Waals surface area contributed by atoms with E-state index in [4.69, 9.17) is 27.9 Å². The van der Waals surface area contributed by atoms with Crippen LogP contribution in [0.2, 0.25) is 10.0 Å². The Morgan fingerprint density at radius 2 is 1.65 bits per heavy atom. The van der Waals surface area contributed by atoms with Crippen molar-refractivity contribution in [3.05, 3.63) is 63.6 Å². The number of fused-ring (bicyclic) bond motifs is 1. The summed E-state index contributed by atoms with van der Waals surface area (Å²) in [5, 5.41) is 3.16. The van der Waals surface area contributed by atoms with E-state index in [0.717, 1.165) is 4.90 Å². The summed E-state index contributed by atoms with van der Waals surface area (Å²) >= 11 is 11.8. The lowest BCUT2D eigenvalue weighted by Crippen LogP contribution is -2.46. The van der Waals surface area contributed by atoms with Crippen LogP contribution < -0.4 is 5.32 Å². The van der Waals surface area contributed by atoms with Gasteiger partial charge in [0.05, 0.1) is 21.8 Å². The van der Waals surface area contributed by atoms with Gasteiger partial charge in [0, 0.05) is 5.02 Å². The van der Waals surface area contributed by atoms with Gasteiger partial charge >= 0.3 is 5.97 Å². The second-order valence-corrected chi connectivity index (χ2v) is 8.29. The van der Waals surface area contributed by atoms with Crippen LogP contribution in [0.4, 0.5) is 5.69 Å². The molecule has 31 heavy (non-hydrogen) atoms. The molecule has 1 atom stereocenters. The average molecular weight is 463 g/mol. The van der Waals surface area contributed by atoms with Gasteiger partial charge in [-0.1, -0.05) is 49.2 Å². The Kier molecular flexibility index (Phi) is 6.97.